The molecule has 0 saturated heterocycles. The Balaban J connectivity index is 2.66. The molecule has 0 aliphatic rings. The predicted molar refractivity (Wildman–Crippen MR) is 65.3 cm³/mol. The van der Waals surface area contributed by atoms with Crippen LogP contribution in [0.3, 0.4) is 0 Å². The zero-order valence-electron chi connectivity index (χ0n) is 11.0. The van der Waals surface area contributed by atoms with E-state index in [1.165, 1.54) is 0 Å². The molecule has 0 unspecified atom stereocenters. The zero-order chi connectivity index (χ0) is 13.0. The topological polar surface area (TPSA) is 72.4 Å². The monoisotopic (exact) mass is 239 g/mol. The Morgan fingerprint density at radius 2 is 2.18 bits per heavy atom. The third-order valence-corrected chi connectivity index (χ3v) is 2.87. The quantitative estimate of drug-likeness (QED) is 0.842. The Labute approximate surface area is 102 Å². The zero-order valence-corrected chi connectivity index (χ0v) is 11.0. The third kappa shape index (κ3) is 3.30. The Morgan fingerprint density at radius 1 is 1.53 bits per heavy atom. The van der Waals surface area contributed by atoms with Gasteiger partial charge in [-0.15, -0.1) is 0 Å². The fraction of sp³-hybridized carbons (Fsp3) is 0.667. The van der Waals surface area contributed by atoms with Gasteiger partial charge in [-0.3, -0.25) is 4.79 Å². The first-order valence-corrected chi connectivity index (χ1v) is 5.89. The summed E-state index contributed by atoms with van der Waals surface area (Å²) < 4.78 is 5.06. The summed E-state index contributed by atoms with van der Waals surface area (Å²) in [7, 11) is 1.75. The molecular weight excluding hydrogens is 218 g/mol. The van der Waals surface area contributed by atoms with Crippen LogP contribution in [0.4, 0.5) is 0 Å². The van der Waals surface area contributed by atoms with Gasteiger partial charge in [0.05, 0.1) is 18.3 Å². The van der Waals surface area contributed by atoms with Crippen LogP contribution < -0.4 is 5.73 Å². The first-order valence-electron chi connectivity index (χ1n) is 5.89. The van der Waals surface area contributed by atoms with Crippen molar-refractivity contribution in [3.8, 4) is 0 Å². The largest absolute Gasteiger partial charge is 0.361 e. The number of aryl methyl sites for hydroxylation is 2. The van der Waals surface area contributed by atoms with E-state index in [1.54, 1.807) is 11.9 Å². The molecule has 5 heteroatoms. The minimum atomic E-state index is -0.412. The maximum atomic E-state index is 11.9. The fourth-order valence-electron chi connectivity index (χ4n) is 1.76. The fourth-order valence-corrected chi connectivity index (χ4v) is 1.76. The number of aromatic nitrogens is 1. The molecule has 1 rings (SSSR count). The highest BCUT2D eigenvalue weighted by atomic mass is 16.5. The van der Waals surface area contributed by atoms with Gasteiger partial charge in [-0.1, -0.05) is 18.5 Å². The number of amides is 1. The summed E-state index contributed by atoms with van der Waals surface area (Å²) in [6.45, 7) is 6.23. The lowest BCUT2D eigenvalue weighted by Gasteiger charge is -2.20. The first kappa shape index (κ1) is 13.7. The lowest BCUT2D eigenvalue weighted by atomic mass is 10.1. The summed E-state index contributed by atoms with van der Waals surface area (Å²) in [5.74, 6) is 0.720. The average Bonchev–Trinajstić information content (AvgIpc) is 2.60. The summed E-state index contributed by atoms with van der Waals surface area (Å²) in [4.78, 5) is 13.6. The Bertz CT molecular complexity index is 368. The molecule has 96 valence electrons. The summed E-state index contributed by atoms with van der Waals surface area (Å²) >= 11 is 0. The summed E-state index contributed by atoms with van der Waals surface area (Å²) in [5.41, 5.74) is 7.59. The molecule has 0 aliphatic carbocycles. The van der Waals surface area contributed by atoms with E-state index in [0.29, 0.717) is 13.0 Å². The molecular formula is C12H21N3O2. The van der Waals surface area contributed by atoms with Crippen molar-refractivity contribution in [3.05, 3.63) is 17.0 Å². The minimum Gasteiger partial charge on any atom is -0.361 e. The molecule has 1 heterocycles. The second-order valence-corrected chi connectivity index (χ2v) is 4.39. The van der Waals surface area contributed by atoms with Gasteiger partial charge in [-0.25, -0.2) is 0 Å². The summed E-state index contributed by atoms with van der Waals surface area (Å²) in [6, 6.07) is -0.412. The molecule has 5 nitrogen and oxygen atoms in total. The van der Waals surface area contributed by atoms with Crippen LogP contribution in [0.2, 0.25) is 0 Å². The normalized spacial score (nSPS) is 12.5. The van der Waals surface area contributed by atoms with E-state index in [-0.39, 0.29) is 5.91 Å². The number of carbonyl (C=O) groups excluding carboxylic acids is 1. The van der Waals surface area contributed by atoms with Crippen molar-refractivity contribution in [2.75, 3.05) is 7.05 Å². The highest BCUT2D eigenvalue weighted by molar-refractivity contribution is 5.81. The van der Waals surface area contributed by atoms with E-state index in [2.05, 4.69) is 5.16 Å². The van der Waals surface area contributed by atoms with E-state index in [4.69, 9.17) is 10.3 Å². The van der Waals surface area contributed by atoms with Gasteiger partial charge in [0.1, 0.15) is 5.76 Å². The Hall–Kier alpha value is -1.36. The number of nitrogens with two attached hydrogens (primary N) is 1. The lowest BCUT2D eigenvalue weighted by Crippen LogP contribution is -2.41. The SMILES string of the molecule is CCC[C@@H](N)C(=O)N(C)Cc1c(C)noc1C. The molecule has 1 atom stereocenters. The Kier molecular flexibility index (Phi) is 4.69. The number of hydrogen-bond donors (Lipinski definition) is 1. The number of hydrogen-bond acceptors (Lipinski definition) is 4. The van der Waals surface area contributed by atoms with E-state index in [9.17, 15) is 4.79 Å². The molecule has 0 bridgehead atoms. The van der Waals surface area contributed by atoms with Gasteiger partial charge in [0, 0.05) is 12.6 Å². The molecule has 0 radical (unpaired) electrons. The molecule has 0 aromatic carbocycles. The van der Waals surface area contributed by atoms with Crippen LogP contribution in [0.1, 0.15) is 36.8 Å². The third-order valence-electron chi connectivity index (χ3n) is 2.87. The molecule has 1 amide bonds. The predicted octanol–water partition coefficient (Wildman–Crippen LogP) is 1.38. The smallest absolute Gasteiger partial charge is 0.239 e. The van der Waals surface area contributed by atoms with Crippen LogP contribution in [0.25, 0.3) is 0 Å². The minimum absolute atomic E-state index is 0.0353. The number of carbonyl (C=O) groups is 1. The highest BCUT2D eigenvalue weighted by Gasteiger charge is 2.19. The van der Waals surface area contributed by atoms with Gasteiger partial charge >= 0.3 is 0 Å². The van der Waals surface area contributed by atoms with E-state index >= 15 is 0 Å². The molecule has 0 saturated carbocycles. The van der Waals surface area contributed by atoms with E-state index in [0.717, 1.165) is 23.4 Å². The second kappa shape index (κ2) is 5.82. The average molecular weight is 239 g/mol. The van der Waals surface area contributed by atoms with Crippen LogP contribution in [-0.2, 0) is 11.3 Å². The molecule has 1 aromatic rings. The maximum absolute atomic E-state index is 11.9. The molecule has 2 N–H and O–H groups in total. The van der Waals surface area contributed by atoms with Crippen LogP contribution in [-0.4, -0.2) is 29.1 Å². The van der Waals surface area contributed by atoms with Crippen LogP contribution in [0.15, 0.2) is 4.52 Å². The molecule has 17 heavy (non-hydrogen) atoms. The molecule has 0 aliphatic heterocycles. The van der Waals surface area contributed by atoms with Crippen molar-refractivity contribution in [1.82, 2.24) is 10.1 Å². The van der Waals surface area contributed by atoms with E-state index < -0.39 is 6.04 Å². The Morgan fingerprint density at radius 3 is 2.65 bits per heavy atom. The van der Waals surface area contributed by atoms with Crippen molar-refractivity contribution in [2.24, 2.45) is 5.73 Å². The standard InChI is InChI=1S/C12H21N3O2/c1-5-6-11(13)12(16)15(4)7-10-8(2)14-17-9(10)3/h11H,5-7,13H2,1-4H3/t11-/m1/s1. The van der Waals surface area contributed by atoms with Gasteiger partial charge in [0.2, 0.25) is 5.91 Å². The number of rotatable bonds is 5. The first-order chi connectivity index (χ1) is 7.97. The van der Waals surface area contributed by atoms with Crippen molar-refractivity contribution in [1.29, 1.82) is 0 Å². The summed E-state index contributed by atoms with van der Waals surface area (Å²) in [6.07, 6.45) is 1.62. The highest BCUT2D eigenvalue weighted by Crippen LogP contribution is 2.14. The maximum Gasteiger partial charge on any atom is 0.239 e. The second-order valence-electron chi connectivity index (χ2n) is 4.39. The van der Waals surface area contributed by atoms with Gasteiger partial charge in [0.25, 0.3) is 0 Å². The molecule has 1 aromatic heterocycles. The van der Waals surface area contributed by atoms with Gasteiger partial charge in [0.15, 0.2) is 0 Å². The van der Waals surface area contributed by atoms with Crippen molar-refractivity contribution in [3.63, 3.8) is 0 Å². The van der Waals surface area contributed by atoms with Crippen molar-refractivity contribution >= 4 is 5.91 Å². The van der Waals surface area contributed by atoms with Crippen LogP contribution in [0.5, 0.6) is 0 Å². The number of nitrogens with zero attached hydrogens (tertiary/aromatic N) is 2. The molecule has 0 fully saturated rings. The van der Waals surface area contributed by atoms with Crippen LogP contribution >= 0.6 is 0 Å². The van der Waals surface area contributed by atoms with E-state index in [1.807, 2.05) is 20.8 Å². The number of likely N-dealkylation sites (N-methyl/N-ethyl adjacent to an activating group) is 1. The van der Waals surface area contributed by atoms with Gasteiger partial charge < -0.3 is 15.2 Å². The van der Waals surface area contributed by atoms with Crippen molar-refractivity contribution in [2.45, 2.75) is 46.2 Å². The van der Waals surface area contributed by atoms with Gasteiger partial charge in [-0.2, -0.15) is 0 Å². The van der Waals surface area contributed by atoms with Crippen molar-refractivity contribution < 1.29 is 9.32 Å². The van der Waals surface area contributed by atoms with Gasteiger partial charge in [-0.05, 0) is 20.3 Å². The van der Waals surface area contributed by atoms with Crippen LogP contribution in [0, 0.1) is 13.8 Å². The lowest BCUT2D eigenvalue weighted by molar-refractivity contribution is -0.132. The molecule has 0 spiro atoms. The summed E-state index contributed by atoms with van der Waals surface area (Å²) in [5, 5.41) is 3.87.